The molecule has 1 fully saturated rings. The molecule has 0 radical (unpaired) electrons. The molecule has 1 atom stereocenters. The van der Waals surface area contributed by atoms with Gasteiger partial charge in [0.05, 0.1) is 18.8 Å². The van der Waals surface area contributed by atoms with Gasteiger partial charge in [-0.1, -0.05) is 45.4 Å². The van der Waals surface area contributed by atoms with Gasteiger partial charge in [0.2, 0.25) is 0 Å². The summed E-state index contributed by atoms with van der Waals surface area (Å²) in [6, 6.07) is 0. The van der Waals surface area contributed by atoms with Crippen LogP contribution in [0.5, 0.6) is 0 Å². The first kappa shape index (κ1) is 18.0. The fourth-order valence-electron chi connectivity index (χ4n) is 3.06. The molecular formula is C19H32O2. The van der Waals surface area contributed by atoms with E-state index < -0.39 is 0 Å². The van der Waals surface area contributed by atoms with Crippen molar-refractivity contribution in [1.82, 2.24) is 0 Å². The maximum atomic E-state index is 6.43. The molecule has 2 nitrogen and oxygen atoms in total. The minimum atomic E-state index is -0.0872. The summed E-state index contributed by atoms with van der Waals surface area (Å²) in [5.41, 5.74) is 0.899. The number of hydrogen-bond donors (Lipinski definition) is 0. The molecule has 0 N–H and O–H groups in total. The summed E-state index contributed by atoms with van der Waals surface area (Å²) >= 11 is 0. The van der Waals surface area contributed by atoms with Crippen LogP contribution in [0.4, 0.5) is 0 Å². The largest absolute Gasteiger partial charge is 0.497 e. The molecule has 0 saturated heterocycles. The Labute approximate surface area is 130 Å². The van der Waals surface area contributed by atoms with Crippen molar-refractivity contribution in [2.24, 2.45) is 5.92 Å². The van der Waals surface area contributed by atoms with Crippen LogP contribution in [0.15, 0.2) is 36.6 Å². The van der Waals surface area contributed by atoms with Crippen molar-refractivity contribution in [3.05, 3.63) is 36.6 Å². The van der Waals surface area contributed by atoms with Gasteiger partial charge >= 0.3 is 0 Å². The standard InChI is InChI=1S/C19H32O2/c1-7-18(15(2)13-14-16(3)20-6)21-19(4,5)17-11-9-8-10-12-17/h13-14,17-18H,2-3,7-12H2,1,4-6H3. The van der Waals surface area contributed by atoms with E-state index in [0.717, 1.165) is 12.0 Å². The van der Waals surface area contributed by atoms with Gasteiger partial charge in [0.1, 0.15) is 5.76 Å². The second-order valence-corrected chi connectivity index (χ2v) is 6.53. The zero-order valence-corrected chi connectivity index (χ0v) is 14.3. The van der Waals surface area contributed by atoms with Crippen molar-refractivity contribution in [3.63, 3.8) is 0 Å². The Morgan fingerprint density at radius 1 is 1.19 bits per heavy atom. The number of allylic oxidation sites excluding steroid dienone is 1. The molecule has 1 unspecified atom stereocenters. The molecule has 0 aromatic heterocycles. The summed E-state index contributed by atoms with van der Waals surface area (Å²) in [4.78, 5) is 0. The van der Waals surface area contributed by atoms with Crippen molar-refractivity contribution >= 4 is 0 Å². The van der Waals surface area contributed by atoms with E-state index in [1.165, 1.54) is 32.1 Å². The molecule has 0 bridgehead atoms. The Morgan fingerprint density at radius 2 is 1.81 bits per heavy atom. The molecule has 2 heteroatoms. The smallest absolute Gasteiger partial charge is 0.111 e. The fourth-order valence-corrected chi connectivity index (χ4v) is 3.06. The average molecular weight is 292 g/mol. The predicted molar refractivity (Wildman–Crippen MR) is 90.2 cm³/mol. The van der Waals surface area contributed by atoms with Crippen LogP contribution in [0.1, 0.15) is 59.3 Å². The van der Waals surface area contributed by atoms with Crippen molar-refractivity contribution in [3.8, 4) is 0 Å². The lowest BCUT2D eigenvalue weighted by atomic mass is 9.78. The van der Waals surface area contributed by atoms with Crippen molar-refractivity contribution in [2.75, 3.05) is 7.11 Å². The van der Waals surface area contributed by atoms with Gasteiger partial charge in [-0.25, -0.2) is 0 Å². The Kier molecular flexibility index (Phi) is 7.24. The Bertz CT molecular complexity index is 373. The minimum absolute atomic E-state index is 0.0582. The highest BCUT2D eigenvalue weighted by Crippen LogP contribution is 2.36. The maximum absolute atomic E-state index is 6.43. The van der Waals surface area contributed by atoms with Crippen LogP contribution in [0.3, 0.4) is 0 Å². The topological polar surface area (TPSA) is 18.5 Å². The molecule has 0 aromatic carbocycles. The lowest BCUT2D eigenvalue weighted by Gasteiger charge is -2.39. The number of hydrogen-bond acceptors (Lipinski definition) is 2. The van der Waals surface area contributed by atoms with Crippen LogP contribution in [-0.4, -0.2) is 18.8 Å². The average Bonchev–Trinajstić information content (AvgIpc) is 2.50. The van der Waals surface area contributed by atoms with Gasteiger partial charge in [0.15, 0.2) is 0 Å². The predicted octanol–water partition coefficient (Wildman–Crippen LogP) is 5.41. The summed E-state index contributed by atoms with van der Waals surface area (Å²) in [6.07, 6.45) is 11.4. The normalized spacial score (nSPS) is 18.7. The summed E-state index contributed by atoms with van der Waals surface area (Å²) in [5, 5.41) is 0. The summed E-state index contributed by atoms with van der Waals surface area (Å²) < 4.78 is 11.5. The first-order chi connectivity index (χ1) is 9.90. The fraction of sp³-hybridized carbons (Fsp3) is 0.684. The molecule has 0 heterocycles. The first-order valence-electron chi connectivity index (χ1n) is 8.18. The zero-order chi connectivity index (χ0) is 15.9. The molecule has 0 amide bonds. The van der Waals surface area contributed by atoms with E-state index in [4.69, 9.17) is 9.47 Å². The Morgan fingerprint density at radius 3 is 2.33 bits per heavy atom. The van der Waals surface area contributed by atoms with Crippen LogP contribution in [-0.2, 0) is 9.47 Å². The highest BCUT2D eigenvalue weighted by atomic mass is 16.5. The molecule has 0 aliphatic heterocycles. The second kappa shape index (κ2) is 8.43. The number of rotatable bonds is 8. The first-order valence-corrected chi connectivity index (χ1v) is 8.18. The van der Waals surface area contributed by atoms with E-state index in [1.807, 2.05) is 12.2 Å². The number of ether oxygens (including phenoxy) is 2. The van der Waals surface area contributed by atoms with E-state index in [2.05, 4.69) is 33.9 Å². The minimum Gasteiger partial charge on any atom is -0.497 e. The summed E-state index contributed by atoms with van der Waals surface area (Å²) in [7, 11) is 1.62. The van der Waals surface area contributed by atoms with E-state index >= 15 is 0 Å². The zero-order valence-electron chi connectivity index (χ0n) is 14.3. The third kappa shape index (κ3) is 5.70. The molecule has 1 aliphatic carbocycles. The van der Waals surface area contributed by atoms with Gasteiger partial charge in [-0.2, -0.15) is 0 Å². The van der Waals surface area contributed by atoms with Gasteiger partial charge in [0.25, 0.3) is 0 Å². The highest BCUT2D eigenvalue weighted by molar-refractivity contribution is 5.24. The highest BCUT2D eigenvalue weighted by Gasteiger charge is 2.33. The molecule has 0 aromatic rings. The van der Waals surface area contributed by atoms with E-state index in [9.17, 15) is 0 Å². The van der Waals surface area contributed by atoms with E-state index in [1.54, 1.807) is 7.11 Å². The van der Waals surface area contributed by atoms with Gasteiger partial charge in [-0.3, -0.25) is 0 Å². The molecule has 1 saturated carbocycles. The molecule has 1 aliphatic rings. The summed E-state index contributed by atoms with van der Waals surface area (Å²) in [6.45, 7) is 14.6. The third-order valence-electron chi connectivity index (χ3n) is 4.56. The van der Waals surface area contributed by atoms with Crippen molar-refractivity contribution < 1.29 is 9.47 Å². The van der Waals surface area contributed by atoms with Crippen LogP contribution in [0.2, 0.25) is 0 Å². The SMILES string of the molecule is C=C(C=CC(=C)C(CC)OC(C)(C)C1CCCCC1)OC. The Hall–Kier alpha value is -1.02. The van der Waals surface area contributed by atoms with E-state index in [-0.39, 0.29) is 11.7 Å². The van der Waals surface area contributed by atoms with Gasteiger partial charge in [-0.15, -0.1) is 0 Å². The quantitative estimate of drug-likeness (QED) is 0.440. The number of methoxy groups -OCH3 is 1. The van der Waals surface area contributed by atoms with Crippen LogP contribution >= 0.6 is 0 Å². The monoisotopic (exact) mass is 292 g/mol. The molecule has 1 rings (SSSR count). The van der Waals surface area contributed by atoms with Crippen molar-refractivity contribution in [2.45, 2.75) is 71.0 Å². The maximum Gasteiger partial charge on any atom is 0.111 e. The van der Waals surface area contributed by atoms with Crippen molar-refractivity contribution in [1.29, 1.82) is 0 Å². The van der Waals surface area contributed by atoms with Crippen LogP contribution < -0.4 is 0 Å². The van der Waals surface area contributed by atoms with Crippen LogP contribution in [0.25, 0.3) is 0 Å². The lowest BCUT2D eigenvalue weighted by molar-refractivity contribution is -0.0996. The molecule has 120 valence electrons. The van der Waals surface area contributed by atoms with Gasteiger partial charge in [-0.05, 0) is 50.7 Å². The second-order valence-electron chi connectivity index (χ2n) is 6.53. The molecule has 0 spiro atoms. The van der Waals surface area contributed by atoms with Gasteiger partial charge in [0, 0.05) is 0 Å². The molecule has 21 heavy (non-hydrogen) atoms. The summed E-state index contributed by atoms with van der Waals surface area (Å²) in [5.74, 6) is 1.29. The van der Waals surface area contributed by atoms with Gasteiger partial charge < -0.3 is 9.47 Å². The van der Waals surface area contributed by atoms with E-state index in [0.29, 0.717) is 11.7 Å². The Balaban J connectivity index is 2.64. The lowest BCUT2D eigenvalue weighted by Crippen LogP contribution is -2.39. The third-order valence-corrected chi connectivity index (χ3v) is 4.56. The molecular weight excluding hydrogens is 260 g/mol. The van der Waals surface area contributed by atoms with Crippen LogP contribution in [0, 0.1) is 5.92 Å².